The molecular weight excluding hydrogens is 494 g/mol. The lowest BCUT2D eigenvalue weighted by atomic mass is 10.0. The van der Waals surface area contributed by atoms with Gasteiger partial charge in [0, 0.05) is 6.92 Å². The van der Waals surface area contributed by atoms with Gasteiger partial charge in [-0.05, 0) is 26.7 Å². The zero-order valence-corrected chi connectivity index (χ0v) is 25.1. The Hall–Kier alpha value is -0.740. The van der Waals surface area contributed by atoms with E-state index in [-0.39, 0.29) is 0 Å². The van der Waals surface area contributed by atoms with Crippen LogP contribution in [-0.2, 0) is 19.6 Å². The first-order chi connectivity index (χ1) is 17.5. The minimum atomic E-state index is -4.12. The molecule has 0 aliphatic rings. The van der Waals surface area contributed by atoms with Gasteiger partial charge in [0.2, 0.25) is 0 Å². The number of ether oxygens (including phenoxy) is 1. The van der Waals surface area contributed by atoms with Gasteiger partial charge in [-0.2, -0.15) is 8.42 Å². The second kappa shape index (κ2) is 26.9. The topological polar surface area (TPSA) is 133 Å². The van der Waals surface area contributed by atoms with Crippen LogP contribution < -0.4 is 5.32 Å². The Morgan fingerprint density at radius 1 is 0.703 bits per heavy atom. The van der Waals surface area contributed by atoms with Gasteiger partial charge in [-0.25, -0.2) is 0 Å². The summed E-state index contributed by atoms with van der Waals surface area (Å²) >= 11 is 0. The van der Waals surface area contributed by atoms with Gasteiger partial charge < -0.3 is 14.9 Å². The number of carbonyl (C=O) groups is 1. The third-order valence-electron chi connectivity index (χ3n) is 6.09. The predicted octanol–water partition coefficient (Wildman–Crippen LogP) is 6.49. The zero-order chi connectivity index (χ0) is 28.4. The van der Waals surface area contributed by atoms with Crippen LogP contribution in [-0.4, -0.2) is 53.5 Å². The minimum absolute atomic E-state index is 0.484. The highest BCUT2D eigenvalue weighted by molar-refractivity contribution is 7.85. The second-order valence-corrected chi connectivity index (χ2v) is 11.8. The van der Waals surface area contributed by atoms with Crippen LogP contribution >= 0.6 is 0 Å². The van der Waals surface area contributed by atoms with Crippen molar-refractivity contribution in [3.05, 3.63) is 0 Å². The fraction of sp³-hybridized carbons (Fsp3) is 0.964. The molecule has 0 fully saturated rings. The van der Waals surface area contributed by atoms with E-state index in [1.54, 1.807) is 13.8 Å². The van der Waals surface area contributed by atoms with Gasteiger partial charge in [-0.15, -0.1) is 0 Å². The summed E-state index contributed by atoms with van der Waals surface area (Å²) in [6.07, 6.45) is 21.9. The van der Waals surface area contributed by atoms with Crippen LogP contribution in [0.5, 0.6) is 0 Å². The van der Waals surface area contributed by atoms with E-state index in [1.807, 2.05) is 0 Å². The Balaban J connectivity index is 0. The molecule has 0 aromatic rings. The number of rotatable bonds is 24. The lowest BCUT2D eigenvalue weighted by Crippen LogP contribution is -2.33. The summed E-state index contributed by atoms with van der Waals surface area (Å²) in [6.45, 7) is 6.62. The van der Waals surface area contributed by atoms with Crippen LogP contribution in [0, 0.1) is 0 Å². The van der Waals surface area contributed by atoms with Crippen LogP contribution in [0.1, 0.15) is 150 Å². The Morgan fingerprint density at radius 3 is 1.27 bits per heavy atom. The van der Waals surface area contributed by atoms with Crippen LogP contribution in [0.3, 0.4) is 0 Å². The minimum Gasteiger partial charge on any atom is -0.461 e. The first kappa shape index (κ1) is 38.4. The number of unbranched alkanes of at least 4 members (excludes halogenated alkanes) is 17. The molecule has 0 aliphatic carbocycles. The van der Waals surface area contributed by atoms with E-state index in [9.17, 15) is 13.2 Å². The summed E-state index contributed by atoms with van der Waals surface area (Å²) in [5.74, 6) is -1.02. The number of hydrogen-bond donors (Lipinski definition) is 4. The van der Waals surface area contributed by atoms with Gasteiger partial charge in [0.15, 0.2) is 0 Å². The van der Waals surface area contributed by atoms with E-state index >= 15 is 0 Å². The van der Waals surface area contributed by atoms with Gasteiger partial charge >= 0.3 is 5.97 Å². The largest absolute Gasteiger partial charge is 0.461 e. The molecule has 0 amide bonds. The van der Waals surface area contributed by atoms with Crippen molar-refractivity contribution < 1.29 is 32.7 Å². The highest BCUT2D eigenvalue weighted by Crippen LogP contribution is 2.15. The van der Waals surface area contributed by atoms with Crippen molar-refractivity contribution in [1.29, 1.82) is 0 Å². The molecule has 9 heteroatoms. The smallest absolute Gasteiger partial charge is 0.302 e. The number of hydrogen-bond acceptors (Lipinski definition) is 7. The molecule has 8 nitrogen and oxygen atoms in total. The number of esters is 1. The molecule has 0 aromatic heterocycles. The number of aliphatic hydroxyl groups is 2. The van der Waals surface area contributed by atoms with Crippen LogP contribution in [0.2, 0.25) is 0 Å². The lowest BCUT2D eigenvalue weighted by Gasteiger charge is -2.15. The van der Waals surface area contributed by atoms with E-state index < -0.39 is 40.4 Å². The Bertz CT molecular complexity index is 591. The highest BCUT2D eigenvalue weighted by Gasteiger charge is 2.19. The fourth-order valence-electron chi connectivity index (χ4n) is 4.27. The predicted molar refractivity (Wildman–Crippen MR) is 152 cm³/mol. The molecule has 3 atom stereocenters. The number of aliphatic hydroxyl groups excluding tert-OH is 2. The molecule has 37 heavy (non-hydrogen) atoms. The third kappa shape index (κ3) is 37.5. The molecule has 0 heterocycles. The van der Waals surface area contributed by atoms with Gasteiger partial charge in [-0.3, -0.25) is 14.7 Å². The van der Waals surface area contributed by atoms with Crippen molar-refractivity contribution in [3.8, 4) is 0 Å². The van der Waals surface area contributed by atoms with E-state index in [0.29, 0.717) is 6.42 Å². The van der Waals surface area contributed by atoms with Crippen molar-refractivity contribution in [1.82, 2.24) is 5.32 Å². The fourth-order valence-corrected chi connectivity index (χ4v) is 4.97. The highest BCUT2D eigenvalue weighted by atomic mass is 32.2. The van der Waals surface area contributed by atoms with Crippen molar-refractivity contribution in [2.24, 2.45) is 0 Å². The summed E-state index contributed by atoms with van der Waals surface area (Å²) in [4.78, 5) is 11.0. The molecule has 0 spiro atoms. The average Bonchev–Trinajstić information content (AvgIpc) is 2.76. The molecule has 0 saturated carbocycles. The molecule has 3 unspecified atom stereocenters. The third-order valence-corrected chi connectivity index (χ3v) is 6.88. The van der Waals surface area contributed by atoms with Crippen molar-refractivity contribution in [2.45, 2.75) is 168 Å². The van der Waals surface area contributed by atoms with Crippen LogP contribution in [0.4, 0.5) is 0 Å². The Morgan fingerprint density at radius 2 is 1.03 bits per heavy atom. The average molecular weight is 554 g/mol. The van der Waals surface area contributed by atoms with E-state index in [2.05, 4.69) is 12.2 Å². The molecular formula is C28H59NO7S. The maximum absolute atomic E-state index is 11.0. The molecule has 4 N–H and O–H groups in total. The molecule has 0 bridgehead atoms. The Labute approximate surface area is 228 Å². The zero-order valence-electron chi connectivity index (χ0n) is 24.3. The van der Waals surface area contributed by atoms with E-state index in [4.69, 9.17) is 19.5 Å². The molecule has 0 aliphatic heterocycles. The quantitative estimate of drug-likeness (QED) is 0.0461. The van der Waals surface area contributed by atoms with Gasteiger partial charge in [0.25, 0.3) is 10.1 Å². The molecule has 224 valence electrons. The van der Waals surface area contributed by atoms with Gasteiger partial charge in [0.1, 0.15) is 24.3 Å². The number of carbonyl (C=O) groups excluding carboxylic acids is 1. The maximum Gasteiger partial charge on any atom is 0.302 e. The van der Waals surface area contributed by atoms with Crippen LogP contribution in [0.15, 0.2) is 0 Å². The van der Waals surface area contributed by atoms with E-state index in [1.165, 1.54) is 103 Å². The Kier molecular flexibility index (Phi) is 27.9. The lowest BCUT2D eigenvalue weighted by molar-refractivity contribution is -0.145. The summed E-state index contributed by atoms with van der Waals surface area (Å²) in [7, 11) is -4.12. The summed E-state index contributed by atoms with van der Waals surface area (Å²) < 4.78 is 35.9. The SMILES string of the molecule is CC(O)NC(C)O.CCCCCCCCCCCCCCCCCCCCC(CS(=O)(=O)O)OC(C)=O. The normalized spacial score (nSPS) is 13.9. The van der Waals surface area contributed by atoms with Gasteiger partial charge in [-0.1, -0.05) is 116 Å². The summed E-state index contributed by atoms with van der Waals surface area (Å²) in [6, 6.07) is 0. The first-order valence-corrected chi connectivity index (χ1v) is 16.3. The van der Waals surface area contributed by atoms with E-state index in [0.717, 1.165) is 19.3 Å². The monoisotopic (exact) mass is 553 g/mol. The standard InChI is InChI=1S/C24H48O5S.C4H11NO2/c1-3-4-5-6-7-8-9-10-11-12-13-14-15-16-17-18-19-20-21-24(29-23(2)25)22-30(26,27)28;1-3(6)5-4(2)7/h24H,3-22H2,1-2H3,(H,26,27,28);3-7H,1-2H3. The van der Waals surface area contributed by atoms with Crippen molar-refractivity contribution in [2.75, 3.05) is 5.75 Å². The first-order valence-electron chi connectivity index (χ1n) is 14.7. The summed E-state index contributed by atoms with van der Waals surface area (Å²) in [5.41, 5.74) is 0. The maximum atomic E-state index is 11.0. The molecule has 0 saturated heterocycles. The van der Waals surface area contributed by atoms with Gasteiger partial charge in [0.05, 0.1) is 0 Å². The second-order valence-electron chi connectivity index (χ2n) is 10.3. The van der Waals surface area contributed by atoms with Crippen molar-refractivity contribution >= 4 is 16.1 Å². The summed E-state index contributed by atoms with van der Waals surface area (Å²) in [5, 5.41) is 19.3. The number of nitrogens with one attached hydrogen (secondary N) is 1. The molecule has 0 aromatic carbocycles. The molecule has 0 rings (SSSR count). The molecule has 0 radical (unpaired) electrons. The van der Waals surface area contributed by atoms with Crippen molar-refractivity contribution in [3.63, 3.8) is 0 Å². The van der Waals surface area contributed by atoms with Crippen LogP contribution in [0.25, 0.3) is 0 Å².